The van der Waals surface area contributed by atoms with Crippen LogP contribution in [-0.2, 0) is 11.2 Å². The molecule has 1 fully saturated rings. The Balaban J connectivity index is 2.08. The highest BCUT2D eigenvalue weighted by atomic mass is 16.5. The zero-order chi connectivity index (χ0) is 13.7. The molecule has 1 heterocycles. The lowest BCUT2D eigenvalue weighted by atomic mass is 9.77. The quantitative estimate of drug-likeness (QED) is 0.854. The molecular formula is C15H25N3O. The van der Waals surface area contributed by atoms with E-state index in [2.05, 4.69) is 4.98 Å². The van der Waals surface area contributed by atoms with Crippen molar-refractivity contribution in [2.45, 2.75) is 57.1 Å². The fourth-order valence-electron chi connectivity index (χ4n) is 3.12. The highest BCUT2D eigenvalue weighted by Gasteiger charge is 2.38. The summed E-state index contributed by atoms with van der Waals surface area (Å²) in [5.41, 5.74) is 13.2. The minimum atomic E-state index is -0.148. The number of aromatic nitrogens is 1. The second-order valence-electron chi connectivity index (χ2n) is 5.46. The SMILES string of the molecule is CCOC1(C(N)Cc2ccnc(N)c2)CCCCC1. The second kappa shape index (κ2) is 6.35. The van der Waals surface area contributed by atoms with E-state index in [0.29, 0.717) is 5.82 Å². The molecule has 1 unspecified atom stereocenters. The number of nitrogen functional groups attached to an aromatic ring is 1. The third-order valence-corrected chi connectivity index (χ3v) is 4.11. The first kappa shape index (κ1) is 14.3. The van der Waals surface area contributed by atoms with Gasteiger partial charge in [-0.15, -0.1) is 0 Å². The first-order valence-electron chi connectivity index (χ1n) is 7.26. The zero-order valence-electron chi connectivity index (χ0n) is 11.8. The fourth-order valence-corrected chi connectivity index (χ4v) is 3.12. The van der Waals surface area contributed by atoms with Gasteiger partial charge in [0.05, 0.1) is 5.60 Å². The molecule has 1 aromatic heterocycles. The smallest absolute Gasteiger partial charge is 0.123 e. The fraction of sp³-hybridized carbons (Fsp3) is 0.667. The largest absolute Gasteiger partial charge is 0.384 e. The predicted molar refractivity (Wildman–Crippen MR) is 77.8 cm³/mol. The normalized spacial score (nSPS) is 20.1. The predicted octanol–water partition coefficient (Wildman–Crippen LogP) is 2.27. The Bertz CT molecular complexity index is 397. The topological polar surface area (TPSA) is 74.2 Å². The van der Waals surface area contributed by atoms with Gasteiger partial charge < -0.3 is 16.2 Å². The number of rotatable bonds is 5. The molecule has 0 aliphatic heterocycles. The van der Waals surface area contributed by atoms with Gasteiger partial charge in [0.25, 0.3) is 0 Å². The maximum Gasteiger partial charge on any atom is 0.123 e. The van der Waals surface area contributed by atoms with Crippen LogP contribution in [-0.4, -0.2) is 23.2 Å². The zero-order valence-corrected chi connectivity index (χ0v) is 11.8. The van der Waals surface area contributed by atoms with Crippen molar-refractivity contribution in [3.8, 4) is 0 Å². The third-order valence-electron chi connectivity index (χ3n) is 4.11. The van der Waals surface area contributed by atoms with Crippen molar-refractivity contribution in [1.82, 2.24) is 4.98 Å². The van der Waals surface area contributed by atoms with Gasteiger partial charge in [-0.25, -0.2) is 4.98 Å². The minimum absolute atomic E-state index is 0.0227. The average molecular weight is 263 g/mol. The molecule has 1 atom stereocenters. The van der Waals surface area contributed by atoms with Gasteiger partial charge in [0.1, 0.15) is 5.82 Å². The molecule has 4 heteroatoms. The van der Waals surface area contributed by atoms with Crippen LogP contribution in [0.2, 0.25) is 0 Å². The van der Waals surface area contributed by atoms with E-state index in [0.717, 1.165) is 31.4 Å². The summed E-state index contributed by atoms with van der Waals surface area (Å²) in [6.45, 7) is 2.78. The number of pyridine rings is 1. The number of hydrogen-bond donors (Lipinski definition) is 2. The molecule has 106 valence electrons. The number of nitrogens with two attached hydrogens (primary N) is 2. The Morgan fingerprint density at radius 3 is 2.74 bits per heavy atom. The van der Waals surface area contributed by atoms with Crippen molar-refractivity contribution in [3.63, 3.8) is 0 Å². The van der Waals surface area contributed by atoms with Gasteiger partial charge in [0.2, 0.25) is 0 Å². The van der Waals surface area contributed by atoms with Gasteiger partial charge in [-0.2, -0.15) is 0 Å². The van der Waals surface area contributed by atoms with Gasteiger partial charge >= 0.3 is 0 Å². The van der Waals surface area contributed by atoms with Crippen molar-refractivity contribution in [2.24, 2.45) is 5.73 Å². The number of anilines is 1. The lowest BCUT2D eigenvalue weighted by molar-refractivity contribution is -0.0817. The van der Waals surface area contributed by atoms with Gasteiger partial charge in [-0.3, -0.25) is 0 Å². The van der Waals surface area contributed by atoms with Gasteiger partial charge in [-0.05, 0) is 43.9 Å². The maximum absolute atomic E-state index is 6.47. The van der Waals surface area contributed by atoms with Gasteiger partial charge in [0.15, 0.2) is 0 Å². The van der Waals surface area contributed by atoms with E-state index in [9.17, 15) is 0 Å². The van der Waals surface area contributed by atoms with Crippen molar-refractivity contribution < 1.29 is 4.74 Å². The van der Waals surface area contributed by atoms with E-state index in [1.807, 2.05) is 19.1 Å². The summed E-state index contributed by atoms with van der Waals surface area (Å²) < 4.78 is 6.06. The van der Waals surface area contributed by atoms with E-state index < -0.39 is 0 Å². The Kier molecular flexibility index (Phi) is 4.77. The van der Waals surface area contributed by atoms with Crippen molar-refractivity contribution in [1.29, 1.82) is 0 Å². The Labute approximate surface area is 115 Å². The van der Waals surface area contributed by atoms with Crippen LogP contribution in [0.4, 0.5) is 5.82 Å². The highest BCUT2D eigenvalue weighted by molar-refractivity contribution is 5.32. The number of nitrogens with zero attached hydrogens (tertiary/aromatic N) is 1. The van der Waals surface area contributed by atoms with Gasteiger partial charge in [0, 0.05) is 18.8 Å². The molecule has 0 amide bonds. The third kappa shape index (κ3) is 3.45. The Morgan fingerprint density at radius 1 is 1.37 bits per heavy atom. The summed E-state index contributed by atoms with van der Waals surface area (Å²) in [7, 11) is 0. The number of hydrogen-bond acceptors (Lipinski definition) is 4. The molecule has 1 aliphatic carbocycles. The summed E-state index contributed by atoms with van der Waals surface area (Å²) >= 11 is 0. The van der Waals surface area contributed by atoms with E-state index in [-0.39, 0.29) is 11.6 Å². The van der Waals surface area contributed by atoms with Crippen LogP contribution in [0, 0.1) is 0 Å². The second-order valence-corrected chi connectivity index (χ2v) is 5.46. The van der Waals surface area contributed by atoms with E-state index in [1.54, 1.807) is 6.20 Å². The number of ether oxygens (including phenoxy) is 1. The molecule has 1 aliphatic rings. The first-order valence-corrected chi connectivity index (χ1v) is 7.26. The Hall–Kier alpha value is -1.13. The lowest BCUT2D eigenvalue weighted by Gasteiger charge is -2.41. The molecule has 0 aromatic carbocycles. The molecule has 2 rings (SSSR count). The Morgan fingerprint density at radius 2 is 2.11 bits per heavy atom. The van der Waals surface area contributed by atoms with Crippen molar-refractivity contribution >= 4 is 5.82 Å². The minimum Gasteiger partial charge on any atom is -0.384 e. The maximum atomic E-state index is 6.47. The lowest BCUT2D eigenvalue weighted by Crippen LogP contribution is -2.52. The van der Waals surface area contributed by atoms with Crippen LogP contribution in [0.5, 0.6) is 0 Å². The van der Waals surface area contributed by atoms with E-state index >= 15 is 0 Å². The molecule has 19 heavy (non-hydrogen) atoms. The van der Waals surface area contributed by atoms with E-state index in [1.165, 1.54) is 19.3 Å². The summed E-state index contributed by atoms with van der Waals surface area (Å²) in [5.74, 6) is 0.554. The molecular weight excluding hydrogens is 238 g/mol. The van der Waals surface area contributed by atoms with Crippen molar-refractivity contribution in [2.75, 3.05) is 12.3 Å². The summed E-state index contributed by atoms with van der Waals surface area (Å²) in [4.78, 5) is 4.02. The van der Waals surface area contributed by atoms with Crippen LogP contribution >= 0.6 is 0 Å². The van der Waals surface area contributed by atoms with Crippen LogP contribution in [0.3, 0.4) is 0 Å². The van der Waals surface area contributed by atoms with Crippen LogP contribution < -0.4 is 11.5 Å². The average Bonchev–Trinajstić information content (AvgIpc) is 2.40. The highest BCUT2D eigenvalue weighted by Crippen LogP contribution is 2.35. The van der Waals surface area contributed by atoms with Gasteiger partial charge in [-0.1, -0.05) is 19.3 Å². The molecule has 4 N–H and O–H groups in total. The molecule has 0 saturated heterocycles. The summed E-state index contributed by atoms with van der Waals surface area (Å²) in [6, 6.07) is 3.91. The monoisotopic (exact) mass is 263 g/mol. The first-order chi connectivity index (χ1) is 9.16. The van der Waals surface area contributed by atoms with Crippen LogP contribution in [0.25, 0.3) is 0 Å². The molecule has 0 spiro atoms. The molecule has 0 radical (unpaired) electrons. The molecule has 4 nitrogen and oxygen atoms in total. The van der Waals surface area contributed by atoms with Crippen LogP contribution in [0.15, 0.2) is 18.3 Å². The molecule has 1 aromatic rings. The van der Waals surface area contributed by atoms with E-state index in [4.69, 9.17) is 16.2 Å². The summed E-state index contributed by atoms with van der Waals surface area (Å²) in [6.07, 6.45) is 8.41. The molecule has 0 bridgehead atoms. The molecule has 1 saturated carbocycles. The van der Waals surface area contributed by atoms with Crippen molar-refractivity contribution in [3.05, 3.63) is 23.9 Å². The standard InChI is InChI=1S/C15H25N3O/c1-2-19-15(7-4-3-5-8-15)13(16)10-12-6-9-18-14(17)11-12/h6,9,11,13H,2-5,7-8,10,16H2,1H3,(H2,17,18). The van der Waals surface area contributed by atoms with Crippen LogP contribution in [0.1, 0.15) is 44.6 Å². The summed E-state index contributed by atoms with van der Waals surface area (Å²) in [5, 5.41) is 0.